The monoisotopic (exact) mass is 267 g/mol. The summed E-state index contributed by atoms with van der Waals surface area (Å²) < 4.78 is 1.65. The molecule has 0 saturated carbocycles. The van der Waals surface area contributed by atoms with Crippen molar-refractivity contribution in [3.8, 4) is 5.69 Å². The van der Waals surface area contributed by atoms with E-state index in [4.69, 9.17) is 16.7 Å². The molecule has 2 rings (SSSR count). The molecule has 1 unspecified atom stereocenters. The Morgan fingerprint density at radius 1 is 1.39 bits per heavy atom. The molecule has 0 aliphatic heterocycles. The third-order valence-corrected chi connectivity index (χ3v) is 2.76. The number of hydrogen-bond donors (Lipinski definition) is 3. The van der Waals surface area contributed by atoms with Gasteiger partial charge in [-0.2, -0.15) is 5.10 Å². The van der Waals surface area contributed by atoms with Crippen LogP contribution < -0.4 is 5.32 Å². The molecule has 0 aliphatic rings. The van der Waals surface area contributed by atoms with E-state index in [2.05, 4.69) is 10.4 Å². The largest absolute Gasteiger partial charge is 0.394 e. The summed E-state index contributed by atoms with van der Waals surface area (Å²) >= 11 is 6.16. The van der Waals surface area contributed by atoms with Crippen LogP contribution in [0.4, 0.5) is 5.69 Å². The zero-order chi connectivity index (χ0) is 13.0. The second-order valence-electron chi connectivity index (χ2n) is 3.80. The lowest BCUT2D eigenvalue weighted by molar-refractivity contribution is 0.105. The van der Waals surface area contributed by atoms with E-state index in [0.29, 0.717) is 10.7 Å². The minimum absolute atomic E-state index is 0.241. The Labute approximate surface area is 110 Å². The highest BCUT2D eigenvalue weighted by Crippen LogP contribution is 2.27. The van der Waals surface area contributed by atoms with E-state index in [0.717, 1.165) is 5.69 Å². The van der Waals surface area contributed by atoms with E-state index in [1.54, 1.807) is 29.2 Å². The Bertz CT molecular complexity index is 502. The summed E-state index contributed by atoms with van der Waals surface area (Å²) in [6.45, 7) is -0.0459. The molecule has 96 valence electrons. The van der Waals surface area contributed by atoms with Gasteiger partial charge in [-0.1, -0.05) is 17.7 Å². The van der Waals surface area contributed by atoms with E-state index in [1.165, 1.54) is 0 Å². The standard InChI is InChI=1S/C12H14ClN3O2/c13-10-3-1-4-11(14-7-9(18)8-17)12(10)16-6-2-5-15-16/h1-6,9,14,17-18H,7-8H2. The number of hydrogen-bond acceptors (Lipinski definition) is 4. The molecule has 0 fully saturated rings. The lowest BCUT2D eigenvalue weighted by Crippen LogP contribution is -2.23. The zero-order valence-corrected chi connectivity index (χ0v) is 10.4. The normalized spacial score (nSPS) is 12.4. The average molecular weight is 268 g/mol. The van der Waals surface area contributed by atoms with Gasteiger partial charge in [0.25, 0.3) is 0 Å². The number of nitrogens with zero attached hydrogens (tertiary/aromatic N) is 2. The molecule has 5 nitrogen and oxygen atoms in total. The van der Waals surface area contributed by atoms with Crippen LogP contribution in [0, 0.1) is 0 Å². The maximum Gasteiger partial charge on any atom is 0.106 e. The predicted octanol–water partition coefficient (Wildman–Crippen LogP) is 1.29. The predicted molar refractivity (Wildman–Crippen MR) is 70.2 cm³/mol. The fourth-order valence-electron chi connectivity index (χ4n) is 1.58. The maximum atomic E-state index is 9.34. The third-order valence-electron chi connectivity index (χ3n) is 2.46. The molecule has 2 aromatic rings. The van der Waals surface area contributed by atoms with Crippen molar-refractivity contribution in [3.05, 3.63) is 41.7 Å². The summed E-state index contributed by atoms with van der Waals surface area (Å²) in [5.74, 6) is 0. The maximum absolute atomic E-state index is 9.34. The van der Waals surface area contributed by atoms with Crippen LogP contribution >= 0.6 is 11.6 Å². The molecule has 0 spiro atoms. The molecule has 1 atom stereocenters. The minimum atomic E-state index is -0.811. The lowest BCUT2D eigenvalue weighted by Gasteiger charge is -2.15. The number of benzene rings is 1. The van der Waals surface area contributed by atoms with Crippen LogP contribution in [0.5, 0.6) is 0 Å². The van der Waals surface area contributed by atoms with E-state index in [1.807, 2.05) is 12.1 Å². The highest BCUT2D eigenvalue weighted by atomic mass is 35.5. The van der Waals surface area contributed by atoms with E-state index < -0.39 is 6.10 Å². The number of aliphatic hydroxyl groups excluding tert-OH is 2. The van der Waals surface area contributed by atoms with Gasteiger partial charge in [-0.05, 0) is 18.2 Å². The van der Waals surface area contributed by atoms with Gasteiger partial charge in [-0.3, -0.25) is 0 Å². The summed E-state index contributed by atoms with van der Waals surface area (Å²) in [5, 5.41) is 25.9. The number of para-hydroxylation sites is 1. The first-order valence-electron chi connectivity index (χ1n) is 5.53. The molecule has 1 aromatic carbocycles. The van der Waals surface area contributed by atoms with Crippen molar-refractivity contribution >= 4 is 17.3 Å². The highest BCUT2D eigenvalue weighted by molar-refractivity contribution is 6.33. The molecular formula is C12H14ClN3O2. The van der Waals surface area contributed by atoms with Gasteiger partial charge in [0.2, 0.25) is 0 Å². The lowest BCUT2D eigenvalue weighted by atomic mass is 10.2. The molecule has 1 heterocycles. The summed E-state index contributed by atoms with van der Waals surface area (Å²) in [4.78, 5) is 0. The Balaban J connectivity index is 2.27. The van der Waals surface area contributed by atoms with Gasteiger partial charge in [0.1, 0.15) is 5.69 Å². The van der Waals surface area contributed by atoms with Crippen molar-refractivity contribution in [3.63, 3.8) is 0 Å². The molecule has 3 N–H and O–H groups in total. The van der Waals surface area contributed by atoms with Crippen molar-refractivity contribution < 1.29 is 10.2 Å². The third kappa shape index (κ3) is 2.81. The first-order valence-corrected chi connectivity index (χ1v) is 5.91. The smallest absolute Gasteiger partial charge is 0.106 e. The van der Waals surface area contributed by atoms with Crippen LogP contribution in [0.1, 0.15) is 0 Å². The van der Waals surface area contributed by atoms with Crippen LogP contribution in [0.2, 0.25) is 5.02 Å². The highest BCUT2D eigenvalue weighted by Gasteiger charge is 2.10. The summed E-state index contributed by atoms with van der Waals surface area (Å²) in [6, 6.07) is 7.22. The van der Waals surface area contributed by atoms with Crippen molar-refractivity contribution in [1.82, 2.24) is 9.78 Å². The molecule has 0 amide bonds. The van der Waals surface area contributed by atoms with Crippen LogP contribution in [0.25, 0.3) is 5.69 Å². The van der Waals surface area contributed by atoms with E-state index in [-0.39, 0.29) is 13.2 Å². The fourth-order valence-corrected chi connectivity index (χ4v) is 1.85. The molecule has 6 heteroatoms. The van der Waals surface area contributed by atoms with Crippen molar-refractivity contribution in [2.24, 2.45) is 0 Å². The van der Waals surface area contributed by atoms with E-state index in [9.17, 15) is 5.11 Å². The van der Waals surface area contributed by atoms with Crippen LogP contribution in [-0.4, -0.2) is 39.2 Å². The van der Waals surface area contributed by atoms with E-state index >= 15 is 0 Å². The van der Waals surface area contributed by atoms with Gasteiger partial charge in [0, 0.05) is 18.9 Å². The first-order chi connectivity index (χ1) is 8.72. The van der Waals surface area contributed by atoms with Gasteiger partial charge >= 0.3 is 0 Å². The average Bonchev–Trinajstić information content (AvgIpc) is 2.89. The minimum Gasteiger partial charge on any atom is -0.394 e. The Kier molecular flexibility index (Phi) is 4.19. The zero-order valence-electron chi connectivity index (χ0n) is 9.62. The topological polar surface area (TPSA) is 70.3 Å². The fraction of sp³-hybridized carbons (Fsp3) is 0.250. The molecule has 0 aliphatic carbocycles. The van der Waals surface area contributed by atoms with Gasteiger partial charge in [0.15, 0.2) is 0 Å². The van der Waals surface area contributed by atoms with Crippen LogP contribution in [0.15, 0.2) is 36.7 Å². The first kappa shape index (κ1) is 12.9. The molecule has 0 radical (unpaired) electrons. The SMILES string of the molecule is OCC(O)CNc1cccc(Cl)c1-n1cccn1. The van der Waals surface area contributed by atoms with Crippen molar-refractivity contribution in [1.29, 1.82) is 0 Å². The summed E-state index contributed by atoms with van der Waals surface area (Å²) in [5.41, 5.74) is 1.47. The Morgan fingerprint density at radius 3 is 2.89 bits per heavy atom. The summed E-state index contributed by atoms with van der Waals surface area (Å²) in [6.07, 6.45) is 2.64. The van der Waals surface area contributed by atoms with Gasteiger partial charge in [-0.15, -0.1) is 0 Å². The number of nitrogens with one attached hydrogen (secondary N) is 1. The number of anilines is 1. The summed E-state index contributed by atoms with van der Waals surface area (Å²) in [7, 11) is 0. The number of aromatic nitrogens is 2. The molecular weight excluding hydrogens is 254 g/mol. The van der Waals surface area contributed by atoms with Crippen molar-refractivity contribution in [2.75, 3.05) is 18.5 Å². The van der Waals surface area contributed by atoms with Gasteiger partial charge in [0.05, 0.1) is 23.4 Å². The molecule has 18 heavy (non-hydrogen) atoms. The van der Waals surface area contributed by atoms with Crippen LogP contribution in [-0.2, 0) is 0 Å². The number of halogens is 1. The second kappa shape index (κ2) is 5.86. The Morgan fingerprint density at radius 2 is 2.22 bits per heavy atom. The quantitative estimate of drug-likeness (QED) is 0.764. The van der Waals surface area contributed by atoms with Crippen LogP contribution in [0.3, 0.4) is 0 Å². The number of aliphatic hydroxyl groups is 2. The Hall–Kier alpha value is -1.56. The number of rotatable bonds is 5. The van der Waals surface area contributed by atoms with Gasteiger partial charge < -0.3 is 15.5 Å². The molecule has 0 bridgehead atoms. The molecule has 0 saturated heterocycles. The molecule has 1 aromatic heterocycles. The van der Waals surface area contributed by atoms with Gasteiger partial charge in [-0.25, -0.2) is 4.68 Å². The van der Waals surface area contributed by atoms with Crippen molar-refractivity contribution in [2.45, 2.75) is 6.10 Å². The second-order valence-corrected chi connectivity index (χ2v) is 4.21.